The first kappa shape index (κ1) is 19.7. The molecule has 1 unspecified atom stereocenters. The lowest BCUT2D eigenvalue weighted by Crippen LogP contribution is -2.40. The molecular formula is C15H23N6O6S+. The van der Waals surface area contributed by atoms with Gasteiger partial charge in [-0.3, -0.25) is 4.57 Å². The van der Waals surface area contributed by atoms with E-state index in [9.17, 15) is 15.3 Å². The Labute approximate surface area is 162 Å². The van der Waals surface area contributed by atoms with Crippen LogP contribution in [-0.2, 0) is 25.4 Å². The van der Waals surface area contributed by atoms with Crippen LogP contribution >= 0.6 is 0 Å². The molecule has 0 aliphatic carbocycles. The highest BCUT2D eigenvalue weighted by molar-refractivity contribution is 7.96. The minimum Gasteiger partial charge on any atom is -0.387 e. The second-order valence-electron chi connectivity index (χ2n) is 6.97. The Hall–Kier alpha value is -1.58. The van der Waals surface area contributed by atoms with Crippen LogP contribution in [0.5, 0.6) is 0 Å². The van der Waals surface area contributed by atoms with Crippen molar-refractivity contribution in [3.63, 3.8) is 0 Å². The van der Waals surface area contributed by atoms with Crippen molar-refractivity contribution in [3.05, 3.63) is 12.7 Å². The molecule has 4 rings (SSSR count). The predicted octanol–water partition coefficient (Wildman–Crippen LogP) is -2.40. The van der Waals surface area contributed by atoms with Crippen LogP contribution in [0.1, 0.15) is 12.6 Å². The Morgan fingerprint density at radius 1 is 1.29 bits per heavy atom. The Kier molecular flexibility index (Phi) is 5.18. The van der Waals surface area contributed by atoms with Crippen molar-refractivity contribution < 1.29 is 29.8 Å². The fraction of sp³-hybridized carbons (Fsp3) is 0.667. The lowest BCUT2D eigenvalue weighted by atomic mass is 10.1. The molecule has 6 atom stereocenters. The molecule has 4 heterocycles. The lowest BCUT2D eigenvalue weighted by Gasteiger charge is -2.16. The molecule has 2 fully saturated rings. The Morgan fingerprint density at radius 2 is 2.04 bits per heavy atom. The Balaban J connectivity index is 1.40. The maximum absolute atomic E-state index is 10.5. The van der Waals surface area contributed by atoms with Gasteiger partial charge in [-0.15, -0.1) is 0 Å². The molecular weight excluding hydrogens is 392 g/mol. The number of ether oxygens (including phenoxy) is 1. The largest absolute Gasteiger partial charge is 0.387 e. The quantitative estimate of drug-likeness (QED) is 0.184. The van der Waals surface area contributed by atoms with Gasteiger partial charge in [-0.05, 0) is 10.9 Å². The first-order valence-corrected chi connectivity index (χ1v) is 10.7. The van der Waals surface area contributed by atoms with E-state index in [1.54, 1.807) is 4.57 Å². The van der Waals surface area contributed by atoms with Crippen LogP contribution in [0.15, 0.2) is 12.7 Å². The van der Waals surface area contributed by atoms with Crippen molar-refractivity contribution in [1.82, 2.24) is 19.5 Å². The van der Waals surface area contributed by atoms with Gasteiger partial charge >= 0.3 is 5.97 Å². The molecule has 0 spiro atoms. The number of imidazole rings is 1. The molecule has 13 heteroatoms. The Morgan fingerprint density at radius 3 is 2.75 bits per heavy atom. The number of nitrogens with two attached hydrogens (primary N) is 2. The molecule has 0 amide bonds. The monoisotopic (exact) mass is 415 g/mol. The van der Waals surface area contributed by atoms with Crippen LogP contribution in [0, 0.1) is 0 Å². The van der Waals surface area contributed by atoms with E-state index >= 15 is 0 Å². The van der Waals surface area contributed by atoms with Gasteiger partial charge in [0.15, 0.2) is 17.7 Å². The van der Waals surface area contributed by atoms with Gasteiger partial charge < -0.3 is 31.5 Å². The van der Waals surface area contributed by atoms with Crippen molar-refractivity contribution in [3.8, 4) is 0 Å². The molecule has 0 bridgehead atoms. The van der Waals surface area contributed by atoms with Crippen molar-refractivity contribution in [2.45, 2.75) is 43.0 Å². The van der Waals surface area contributed by atoms with Crippen LogP contribution in [-0.4, -0.2) is 82.9 Å². The number of nitrogen functional groups attached to an aromatic ring is 1. The molecule has 28 heavy (non-hydrogen) atoms. The van der Waals surface area contributed by atoms with Crippen LogP contribution in [0.2, 0.25) is 0 Å². The maximum Gasteiger partial charge on any atom is 0.352 e. The second-order valence-corrected chi connectivity index (χ2v) is 9.28. The highest BCUT2D eigenvalue weighted by Gasteiger charge is 2.53. The van der Waals surface area contributed by atoms with Gasteiger partial charge in [0.25, 0.3) is 0 Å². The molecule has 7 N–H and O–H groups in total. The summed E-state index contributed by atoms with van der Waals surface area (Å²) in [6.07, 6.45) is 1.62. The SMILES string of the molecule is C[S+](CC[C@H](N)C1(O)OO1)C[C@H]1O[C@@H](n2cnc3c(N)ncnc32)[C@H](O)[C@@H]1O. The number of rotatable bonds is 7. The van der Waals surface area contributed by atoms with Crippen molar-refractivity contribution >= 4 is 27.9 Å². The first-order valence-electron chi connectivity index (χ1n) is 8.68. The van der Waals surface area contributed by atoms with E-state index in [-0.39, 0.29) is 16.7 Å². The van der Waals surface area contributed by atoms with Crippen LogP contribution in [0.25, 0.3) is 11.2 Å². The Bertz CT molecular complexity index is 850. The zero-order valence-corrected chi connectivity index (χ0v) is 15.9. The van der Waals surface area contributed by atoms with Gasteiger partial charge in [0, 0.05) is 6.42 Å². The molecule has 2 saturated heterocycles. The number of aliphatic hydroxyl groups is 3. The van der Waals surface area contributed by atoms with Gasteiger partial charge in [0.05, 0.1) is 18.6 Å². The predicted molar refractivity (Wildman–Crippen MR) is 98.4 cm³/mol. The second kappa shape index (κ2) is 7.35. The zero-order valence-electron chi connectivity index (χ0n) is 15.1. The summed E-state index contributed by atoms with van der Waals surface area (Å²) in [6.45, 7) is 0. The summed E-state index contributed by atoms with van der Waals surface area (Å²) in [5, 5.41) is 30.6. The minimum absolute atomic E-state index is 0.184. The van der Waals surface area contributed by atoms with Crippen LogP contribution in [0.4, 0.5) is 5.82 Å². The van der Waals surface area contributed by atoms with Crippen molar-refractivity contribution in [2.24, 2.45) is 5.73 Å². The third-order valence-electron chi connectivity index (χ3n) is 4.95. The number of fused-ring (bicyclic) bond motifs is 1. The van der Waals surface area contributed by atoms with E-state index < -0.39 is 36.6 Å². The van der Waals surface area contributed by atoms with Crippen molar-refractivity contribution in [2.75, 3.05) is 23.5 Å². The van der Waals surface area contributed by atoms with Gasteiger partial charge in [-0.1, -0.05) is 0 Å². The van der Waals surface area contributed by atoms with E-state index in [0.717, 1.165) is 0 Å². The fourth-order valence-electron chi connectivity index (χ4n) is 3.19. The highest BCUT2D eigenvalue weighted by atomic mass is 32.2. The number of hydrogen-bond donors (Lipinski definition) is 5. The van der Waals surface area contributed by atoms with Gasteiger partial charge in [0.2, 0.25) is 0 Å². The first-order chi connectivity index (χ1) is 13.3. The topological polar surface area (TPSA) is 191 Å². The van der Waals surface area contributed by atoms with Crippen molar-refractivity contribution in [1.29, 1.82) is 0 Å². The van der Waals surface area contributed by atoms with E-state index in [2.05, 4.69) is 24.7 Å². The normalized spacial score (nSPS) is 31.2. The number of aliphatic hydroxyl groups excluding tert-OH is 2. The average Bonchev–Trinajstić information content (AvgIpc) is 3.18. The van der Waals surface area contributed by atoms with E-state index in [0.29, 0.717) is 29.1 Å². The van der Waals surface area contributed by atoms with Gasteiger partial charge in [-0.25, -0.2) is 15.0 Å². The molecule has 2 aromatic rings. The average molecular weight is 415 g/mol. The van der Waals surface area contributed by atoms with Crippen LogP contribution < -0.4 is 11.5 Å². The van der Waals surface area contributed by atoms with Crippen LogP contribution in [0.3, 0.4) is 0 Å². The molecule has 2 aliphatic rings. The molecule has 12 nitrogen and oxygen atoms in total. The van der Waals surface area contributed by atoms with E-state index in [1.165, 1.54) is 12.7 Å². The lowest BCUT2D eigenvalue weighted by molar-refractivity contribution is -0.0290. The summed E-state index contributed by atoms with van der Waals surface area (Å²) in [5.41, 5.74) is 12.4. The third-order valence-corrected chi connectivity index (χ3v) is 6.78. The number of anilines is 1. The highest BCUT2D eigenvalue weighted by Crippen LogP contribution is 2.33. The molecule has 0 saturated carbocycles. The molecule has 0 radical (unpaired) electrons. The summed E-state index contributed by atoms with van der Waals surface area (Å²) in [5.74, 6) is -0.252. The standard InChI is InChI=1S/C15H23N6O6S/c1-28(3-2-8(16)15(24)26-27-15)4-7-10(22)11(23)14(25-7)21-6-20-9-12(17)18-5-19-13(9)21/h5-8,10-11,14,22-24H,2-4,16H2,1H3,(H2,17,18,19)/q+1/t7-,8+,10-,11-,14-,28?/m1/s1. The summed E-state index contributed by atoms with van der Waals surface area (Å²) in [4.78, 5) is 21.1. The van der Waals surface area contributed by atoms with Gasteiger partial charge in [-0.2, -0.15) is 9.78 Å². The minimum atomic E-state index is -1.68. The molecule has 2 aromatic heterocycles. The van der Waals surface area contributed by atoms with E-state index in [4.69, 9.17) is 16.2 Å². The molecule has 0 aromatic carbocycles. The number of aromatic nitrogens is 4. The molecule has 154 valence electrons. The maximum atomic E-state index is 10.5. The number of hydrogen-bond acceptors (Lipinski definition) is 11. The van der Waals surface area contributed by atoms with E-state index in [1.807, 2.05) is 6.26 Å². The van der Waals surface area contributed by atoms with Gasteiger partial charge in [0.1, 0.15) is 41.7 Å². The summed E-state index contributed by atoms with van der Waals surface area (Å²) >= 11 is 0. The summed E-state index contributed by atoms with van der Waals surface area (Å²) in [6, 6.07) is -0.655. The fourth-order valence-corrected chi connectivity index (χ4v) is 4.85. The summed E-state index contributed by atoms with van der Waals surface area (Å²) < 4.78 is 7.48. The number of nitrogens with zero attached hydrogens (tertiary/aromatic N) is 4. The third kappa shape index (κ3) is 3.55. The summed E-state index contributed by atoms with van der Waals surface area (Å²) in [7, 11) is -0.184. The zero-order chi connectivity index (χ0) is 20.1. The molecule has 2 aliphatic heterocycles. The smallest absolute Gasteiger partial charge is 0.352 e.